The zero-order valence-electron chi connectivity index (χ0n) is 12.3. The van der Waals surface area contributed by atoms with Crippen molar-refractivity contribution in [2.24, 2.45) is 5.41 Å². The van der Waals surface area contributed by atoms with E-state index in [4.69, 9.17) is 4.74 Å². The quantitative estimate of drug-likeness (QED) is 0.881. The number of carbonyl (C=O) groups is 1. The molecule has 0 aliphatic heterocycles. The van der Waals surface area contributed by atoms with Crippen molar-refractivity contribution >= 4 is 11.6 Å². The minimum atomic E-state index is -0.283. The molecular weight excluding hydrogens is 266 g/mol. The normalized spacial score (nSPS) is 16.6. The van der Waals surface area contributed by atoms with Gasteiger partial charge in [0.2, 0.25) is 5.91 Å². The van der Waals surface area contributed by atoms with Crippen molar-refractivity contribution in [3.05, 3.63) is 36.3 Å². The Labute approximate surface area is 124 Å². The van der Waals surface area contributed by atoms with Gasteiger partial charge in [0.05, 0.1) is 12.0 Å². The summed E-state index contributed by atoms with van der Waals surface area (Å²) in [4.78, 5) is 16.7. The molecule has 2 aromatic heterocycles. The molecule has 0 bridgehead atoms. The minimum absolute atomic E-state index is 0.129. The Morgan fingerprint density at radius 3 is 3.05 bits per heavy atom. The third-order valence-electron chi connectivity index (χ3n) is 4.37. The highest BCUT2D eigenvalue weighted by Gasteiger charge is 2.43. The number of methoxy groups -OCH3 is 1. The van der Waals surface area contributed by atoms with Crippen molar-refractivity contribution < 1.29 is 9.53 Å². The van der Waals surface area contributed by atoms with Crippen LogP contribution in [0.3, 0.4) is 0 Å². The highest BCUT2D eigenvalue weighted by atomic mass is 16.5. The van der Waals surface area contributed by atoms with E-state index >= 15 is 0 Å². The second kappa shape index (κ2) is 5.85. The highest BCUT2D eigenvalue weighted by Crippen LogP contribution is 2.41. The number of amides is 1. The van der Waals surface area contributed by atoms with Crippen molar-refractivity contribution in [2.75, 3.05) is 20.3 Å². The van der Waals surface area contributed by atoms with Crippen LogP contribution in [0.4, 0.5) is 0 Å². The van der Waals surface area contributed by atoms with E-state index < -0.39 is 0 Å². The number of ether oxygens (including phenoxy) is 1. The summed E-state index contributed by atoms with van der Waals surface area (Å²) in [5.41, 5.74) is 1.77. The third-order valence-corrected chi connectivity index (χ3v) is 4.37. The smallest absolute Gasteiger partial charge is 0.228 e. The van der Waals surface area contributed by atoms with Gasteiger partial charge in [0.1, 0.15) is 5.65 Å². The fourth-order valence-electron chi connectivity index (χ4n) is 2.98. The molecule has 21 heavy (non-hydrogen) atoms. The van der Waals surface area contributed by atoms with E-state index in [0.717, 1.165) is 37.0 Å². The number of nitrogens with zero attached hydrogens (tertiary/aromatic N) is 2. The first-order valence-corrected chi connectivity index (χ1v) is 7.43. The van der Waals surface area contributed by atoms with Crippen LogP contribution in [0, 0.1) is 5.41 Å². The predicted octanol–water partition coefficient (Wildman–Crippen LogP) is 1.81. The monoisotopic (exact) mass is 287 g/mol. The molecule has 1 saturated carbocycles. The van der Waals surface area contributed by atoms with Crippen molar-refractivity contribution in [1.29, 1.82) is 0 Å². The molecule has 1 N–H and O–H groups in total. The van der Waals surface area contributed by atoms with E-state index in [-0.39, 0.29) is 11.3 Å². The van der Waals surface area contributed by atoms with Gasteiger partial charge in [0.25, 0.3) is 0 Å². The van der Waals surface area contributed by atoms with E-state index in [9.17, 15) is 4.79 Å². The van der Waals surface area contributed by atoms with Crippen molar-refractivity contribution in [2.45, 2.75) is 25.7 Å². The summed E-state index contributed by atoms with van der Waals surface area (Å²) >= 11 is 0. The van der Waals surface area contributed by atoms with E-state index in [1.807, 2.05) is 30.6 Å². The molecule has 1 fully saturated rings. The molecule has 2 aromatic rings. The van der Waals surface area contributed by atoms with Gasteiger partial charge in [-0.15, -0.1) is 0 Å². The molecule has 0 saturated heterocycles. The molecule has 1 amide bonds. The third kappa shape index (κ3) is 2.65. The van der Waals surface area contributed by atoms with Gasteiger partial charge in [-0.1, -0.05) is 12.5 Å². The van der Waals surface area contributed by atoms with Crippen LogP contribution in [0.1, 0.15) is 25.0 Å². The summed E-state index contributed by atoms with van der Waals surface area (Å²) in [6, 6.07) is 5.93. The maximum absolute atomic E-state index is 12.3. The van der Waals surface area contributed by atoms with Crippen LogP contribution < -0.4 is 5.32 Å². The van der Waals surface area contributed by atoms with Crippen LogP contribution in [-0.2, 0) is 16.0 Å². The van der Waals surface area contributed by atoms with E-state index in [0.29, 0.717) is 13.2 Å². The summed E-state index contributed by atoms with van der Waals surface area (Å²) in [6.07, 6.45) is 7.63. The zero-order chi connectivity index (χ0) is 14.7. The molecule has 5 heteroatoms. The second-order valence-corrected chi connectivity index (χ2v) is 5.75. The summed E-state index contributed by atoms with van der Waals surface area (Å²) in [6.45, 7) is 1.15. The molecule has 1 aliphatic rings. The van der Waals surface area contributed by atoms with Gasteiger partial charge < -0.3 is 14.5 Å². The number of hydrogen-bond acceptors (Lipinski definition) is 3. The summed E-state index contributed by atoms with van der Waals surface area (Å²) in [5, 5.41) is 3.05. The van der Waals surface area contributed by atoms with Crippen LogP contribution in [-0.4, -0.2) is 35.6 Å². The molecule has 2 heterocycles. The molecule has 0 aromatic carbocycles. The summed E-state index contributed by atoms with van der Waals surface area (Å²) < 4.78 is 7.26. The van der Waals surface area contributed by atoms with Gasteiger partial charge in [0, 0.05) is 38.2 Å². The molecule has 0 spiro atoms. The van der Waals surface area contributed by atoms with E-state index in [1.165, 1.54) is 0 Å². The SMILES string of the molecule is COCC1(C(=O)NCCc2cnc3ccccn23)CCC1. The number of nitrogens with one attached hydrogen (secondary N) is 1. The number of rotatable bonds is 6. The standard InChI is InChI=1S/C16H21N3O2/c1-21-12-16(7-4-8-16)15(20)17-9-6-13-11-18-14-5-2-3-10-19(13)14/h2-3,5,10-11H,4,6-9,12H2,1H3,(H,17,20). The average molecular weight is 287 g/mol. The highest BCUT2D eigenvalue weighted by molar-refractivity contribution is 5.83. The lowest BCUT2D eigenvalue weighted by Gasteiger charge is -2.39. The van der Waals surface area contributed by atoms with Crippen LogP contribution >= 0.6 is 0 Å². The van der Waals surface area contributed by atoms with Crippen molar-refractivity contribution in [3.63, 3.8) is 0 Å². The Balaban J connectivity index is 1.57. The number of imidazole rings is 1. The van der Waals surface area contributed by atoms with E-state index in [1.54, 1.807) is 7.11 Å². The van der Waals surface area contributed by atoms with Crippen LogP contribution in [0.15, 0.2) is 30.6 Å². The van der Waals surface area contributed by atoms with Crippen molar-refractivity contribution in [3.8, 4) is 0 Å². The Kier molecular flexibility index (Phi) is 3.92. The van der Waals surface area contributed by atoms with Gasteiger partial charge >= 0.3 is 0 Å². The average Bonchev–Trinajstić information content (AvgIpc) is 2.86. The predicted molar refractivity (Wildman–Crippen MR) is 80.1 cm³/mol. The maximum atomic E-state index is 12.3. The minimum Gasteiger partial charge on any atom is -0.384 e. The number of hydrogen-bond donors (Lipinski definition) is 1. The summed E-state index contributed by atoms with van der Waals surface area (Å²) in [5.74, 6) is 0.129. The fourth-order valence-corrected chi connectivity index (χ4v) is 2.98. The van der Waals surface area contributed by atoms with Gasteiger partial charge in [-0.05, 0) is 25.0 Å². The first kappa shape index (κ1) is 14.1. The number of aromatic nitrogens is 2. The lowest BCUT2D eigenvalue weighted by molar-refractivity contribution is -0.140. The first-order valence-electron chi connectivity index (χ1n) is 7.43. The topological polar surface area (TPSA) is 55.6 Å². The lowest BCUT2D eigenvalue weighted by Crippen LogP contribution is -2.49. The number of pyridine rings is 1. The van der Waals surface area contributed by atoms with Gasteiger partial charge in [-0.2, -0.15) is 0 Å². The van der Waals surface area contributed by atoms with Crippen LogP contribution in [0.25, 0.3) is 5.65 Å². The van der Waals surface area contributed by atoms with Gasteiger partial charge in [-0.3, -0.25) is 4.79 Å². The summed E-state index contributed by atoms with van der Waals surface area (Å²) in [7, 11) is 1.66. The second-order valence-electron chi connectivity index (χ2n) is 5.75. The Bertz CT molecular complexity index is 631. The molecule has 0 unspecified atom stereocenters. The van der Waals surface area contributed by atoms with Gasteiger partial charge in [-0.25, -0.2) is 4.98 Å². The van der Waals surface area contributed by atoms with E-state index in [2.05, 4.69) is 14.7 Å². The largest absolute Gasteiger partial charge is 0.384 e. The lowest BCUT2D eigenvalue weighted by atomic mass is 9.68. The Morgan fingerprint density at radius 2 is 2.33 bits per heavy atom. The maximum Gasteiger partial charge on any atom is 0.228 e. The molecule has 112 valence electrons. The Hall–Kier alpha value is -1.88. The van der Waals surface area contributed by atoms with Gasteiger partial charge in [0.15, 0.2) is 0 Å². The number of fused-ring (bicyclic) bond motifs is 1. The Morgan fingerprint density at radius 1 is 1.48 bits per heavy atom. The fraction of sp³-hybridized carbons (Fsp3) is 0.500. The van der Waals surface area contributed by atoms with Crippen LogP contribution in [0.2, 0.25) is 0 Å². The number of carbonyl (C=O) groups excluding carboxylic acids is 1. The molecule has 0 radical (unpaired) electrons. The molecule has 5 nitrogen and oxygen atoms in total. The van der Waals surface area contributed by atoms with Crippen LogP contribution in [0.5, 0.6) is 0 Å². The molecule has 0 atom stereocenters. The first-order chi connectivity index (χ1) is 10.2. The molecular formula is C16H21N3O2. The zero-order valence-corrected chi connectivity index (χ0v) is 12.3. The molecule has 1 aliphatic carbocycles. The van der Waals surface area contributed by atoms with Crippen molar-refractivity contribution in [1.82, 2.24) is 14.7 Å². The molecule has 3 rings (SSSR count).